The van der Waals surface area contributed by atoms with E-state index in [1.807, 2.05) is 50.2 Å². The van der Waals surface area contributed by atoms with Gasteiger partial charge in [-0.2, -0.15) is 0 Å². The summed E-state index contributed by atoms with van der Waals surface area (Å²) < 4.78 is 5.89. The molecule has 1 amide bonds. The van der Waals surface area contributed by atoms with E-state index in [2.05, 4.69) is 18.8 Å². The number of aromatic nitrogens is 1. The molecule has 1 aliphatic rings. The highest BCUT2D eigenvalue weighted by atomic mass is 32.1. The van der Waals surface area contributed by atoms with Crippen LogP contribution < -0.4 is 4.74 Å². The summed E-state index contributed by atoms with van der Waals surface area (Å²) in [6.45, 7) is 9.52. The molecular weight excluding hydrogens is 438 g/mol. The molecule has 0 spiro atoms. The van der Waals surface area contributed by atoms with Crippen LogP contribution in [0.2, 0.25) is 0 Å². The second-order valence-electron chi connectivity index (χ2n) is 9.07. The van der Waals surface area contributed by atoms with Crippen LogP contribution in [0, 0.1) is 19.8 Å². The third-order valence-corrected chi connectivity index (χ3v) is 6.49. The van der Waals surface area contributed by atoms with Crippen molar-refractivity contribution >= 4 is 23.0 Å². The number of rotatable bonds is 10. The average molecular weight is 472 g/mol. The van der Waals surface area contributed by atoms with E-state index in [9.17, 15) is 14.7 Å². The molecule has 0 saturated carbocycles. The van der Waals surface area contributed by atoms with Crippen molar-refractivity contribution in [3.05, 3.63) is 56.7 Å². The fourth-order valence-corrected chi connectivity index (χ4v) is 4.80. The molecule has 1 aliphatic heterocycles. The molecule has 0 aliphatic carbocycles. The zero-order valence-electron chi connectivity index (χ0n) is 20.2. The number of ether oxygens (including phenoxy) is 1. The predicted molar refractivity (Wildman–Crippen MR) is 130 cm³/mol. The molecule has 1 aromatic heterocycles. The molecule has 1 unspecified atom stereocenters. The molecule has 0 bridgehead atoms. The number of ketones is 1. The second kappa shape index (κ2) is 10.5. The maximum atomic E-state index is 13.6. The number of Topliss-reactive ketones (excluding diaryl/α,β-unsaturated/α-hetero) is 1. The van der Waals surface area contributed by atoms with Crippen molar-refractivity contribution in [2.24, 2.45) is 5.92 Å². The van der Waals surface area contributed by atoms with E-state index in [0.29, 0.717) is 41.8 Å². The van der Waals surface area contributed by atoms with Crippen LogP contribution in [0.1, 0.15) is 52.2 Å². The van der Waals surface area contributed by atoms with Gasteiger partial charge < -0.3 is 19.6 Å². The molecule has 7 nitrogen and oxygen atoms in total. The second-order valence-corrected chi connectivity index (χ2v) is 10.3. The van der Waals surface area contributed by atoms with Gasteiger partial charge >= 0.3 is 0 Å². The van der Waals surface area contributed by atoms with Crippen LogP contribution in [0.4, 0.5) is 0 Å². The van der Waals surface area contributed by atoms with Crippen molar-refractivity contribution in [2.45, 2.75) is 40.2 Å². The lowest BCUT2D eigenvalue weighted by Gasteiger charge is -2.27. The minimum Gasteiger partial charge on any atom is -0.503 e. The van der Waals surface area contributed by atoms with E-state index in [4.69, 9.17) is 4.74 Å². The van der Waals surface area contributed by atoms with Crippen molar-refractivity contribution in [1.82, 2.24) is 14.8 Å². The summed E-state index contributed by atoms with van der Waals surface area (Å²) in [5, 5.41) is 11.6. The number of aliphatic hydroxyl groups excluding tert-OH is 1. The Bertz CT molecular complexity index is 1060. The molecule has 3 rings (SSSR count). The lowest BCUT2D eigenvalue weighted by molar-refractivity contribution is -0.129. The highest BCUT2D eigenvalue weighted by Gasteiger charge is 2.44. The monoisotopic (exact) mass is 471 g/mol. The molecule has 1 aromatic carbocycles. The van der Waals surface area contributed by atoms with Gasteiger partial charge in [0.05, 0.1) is 33.8 Å². The number of hydrogen-bond donors (Lipinski definition) is 1. The van der Waals surface area contributed by atoms with Crippen LogP contribution in [0.25, 0.3) is 0 Å². The molecular formula is C25H33N3O4S. The Balaban J connectivity index is 2.02. The lowest BCUT2D eigenvalue weighted by Crippen LogP contribution is -2.33. The van der Waals surface area contributed by atoms with Crippen molar-refractivity contribution in [3.63, 3.8) is 0 Å². The van der Waals surface area contributed by atoms with E-state index in [0.717, 1.165) is 17.1 Å². The fraction of sp³-hybridized carbons (Fsp3) is 0.480. The van der Waals surface area contributed by atoms with Crippen LogP contribution >= 0.6 is 11.3 Å². The number of amides is 1. The Hall–Kier alpha value is -2.71. The Morgan fingerprint density at radius 3 is 2.64 bits per heavy atom. The van der Waals surface area contributed by atoms with Gasteiger partial charge in [-0.25, -0.2) is 4.98 Å². The van der Waals surface area contributed by atoms with Gasteiger partial charge in [-0.05, 0) is 64.5 Å². The summed E-state index contributed by atoms with van der Waals surface area (Å²) in [7, 11) is 3.94. The highest BCUT2D eigenvalue weighted by molar-refractivity contribution is 7.14. The summed E-state index contributed by atoms with van der Waals surface area (Å²) >= 11 is 1.28. The van der Waals surface area contributed by atoms with Crippen molar-refractivity contribution < 1.29 is 19.4 Å². The first-order chi connectivity index (χ1) is 15.6. The first kappa shape index (κ1) is 24.9. The van der Waals surface area contributed by atoms with Gasteiger partial charge in [-0.1, -0.05) is 26.0 Å². The predicted octanol–water partition coefficient (Wildman–Crippen LogP) is 4.32. The summed E-state index contributed by atoms with van der Waals surface area (Å²) in [4.78, 5) is 35.1. The van der Waals surface area contributed by atoms with E-state index >= 15 is 0 Å². The molecule has 0 fully saturated rings. The Morgan fingerprint density at radius 1 is 1.30 bits per heavy atom. The van der Waals surface area contributed by atoms with E-state index in [1.165, 1.54) is 11.3 Å². The third-order valence-electron chi connectivity index (χ3n) is 5.42. The normalized spacial score (nSPS) is 16.4. The maximum Gasteiger partial charge on any atom is 0.290 e. The van der Waals surface area contributed by atoms with E-state index < -0.39 is 17.7 Å². The number of aliphatic hydroxyl groups is 1. The first-order valence-electron chi connectivity index (χ1n) is 11.2. The number of carbonyl (C=O) groups excluding carboxylic acids is 2. The average Bonchev–Trinajstić information content (AvgIpc) is 3.22. The van der Waals surface area contributed by atoms with Crippen LogP contribution in [-0.2, 0) is 4.79 Å². The molecule has 2 heterocycles. The molecule has 1 atom stereocenters. The molecule has 8 heteroatoms. The Morgan fingerprint density at radius 2 is 2.03 bits per heavy atom. The van der Waals surface area contributed by atoms with Gasteiger partial charge in [0.1, 0.15) is 5.75 Å². The van der Waals surface area contributed by atoms with Crippen molar-refractivity contribution in [2.75, 3.05) is 33.8 Å². The summed E-state index contributed by atoms with van der Waals surface area (Å²) in [5.41, 5.74) is 1.45. The number of aryl methyl sites for hydroxylation is 2. The number of benzene rings is 1. The standard InChI is InChI=1S/C25H33N3O4S/c1-15(2)14-32-19-10-7-9-18(13-19)21-20(22(29)24-16(3)26-17(4)33-24)23(30)25(31)28(21)12-8-11-27(5)6/h7,9-10,13,15,21,30H,8,11-12,14H2,1-6H3. The summed E-state index contributed by atoms with van der Waals surface area (Å²) in [6, 6.07) is 6.76. The Kier molecular flexibility index (Phi) is 7.92. The quantitative estimate of drug-likeness (QED) is 0.520. The van der Waals surface area contributed by atoms with Gasteiger partial charge in [0.2, 0.25) is 5.78 Å². The fourth-order valence-electron chi connectivity index (χ4n) is 3.92. The zero-order chi connectivity index (χ0) is 24.3. The van der Waals surface area contributed by atoms with Gasteiger partial charge in [0.15, 0.2) is 5.76 Å². The topological polar surface area (TPSA) is 83.0 Å². The van der Waals surface area contributed by atoms with Crippen molar-refractivity contribution in [1.29, 1.82) is 0 Å². The Labute approximate surface area is 199 Å². The van der Waals surface area contributed by atoms with Crippen LogP contribution in [-0.4, -0.2) is 65.4 Å². The number of carbonyl (C=O) groups is 2. The number of hydrogen-bond acceptors (Lipinski definition) is 7. The minimum atomic E-state index is -0.684. The van der Waals surface area contributed by atoms with E-state index in [-0.39, 0.29) is 11.4 Å². The molecule has 33 heavy (non-hydrogen) atoms. The summed E-state index contributed by atoms with van der Waals surface area (Å²) in [6.07, 6.45) is 0.715. The molecule has 2 aromatic rings. The third kappa shape index (κ3) is 5.62. The lowest BCUT2D eigenvalue weighted by atomic mass is 9.94. The first-order valence-corrected chi connectivity index (χ1v) is 12.0. The van der Waals surface area contributed by atoms with Crippen LogP contribution in [0.5, 0.6) is 5.75 Å². The maximum absolute atomic E-state index is 13.6. The van der Waals surface area contributed by atoms with Gasteiger partial charge in [-0.15, -0.1) is 11.3 Å². The van der Waals surface area contributed by atoms with E-state index in [1.54, 1.807) is 11.8 Å². The summed E-state index contributed by atoms with van der Waals surface area (Å²) in [5.74, 6) is -0.311. The van der Waals surface area contributed by atoms with Crippen molar-refractivity contribution in [3.8, 4) is 5.75 Å². The smallest absolute Gasteiger partial charge is 0.290 e. The number of nitrogens with zero attached hydrogens (tertiary/aromatic N) is 3. The number of thiazole rings is 1. The van der Waals surface area contributed by atoms with Gasteiger partial charge in [0, 0.05) is 6.54 Å². The minimum absolute atomic E-state index is 0.109. The van der Waals surface area contributed by atoms with Crippen LogP contribution in [0.15, 0.2) is 35.6 Å². The molecule has 0 radical (unpaired) electrons. The van der Waals surface area contributed by atoms with Gasteiger partial charge in [-0.3, -0.25) is 9.59 Å². The molecule has 0 saturated heterocycles. The molecule has 1 N–H and O–H groups in total. The SMILES string of the molecule is Cc1nc(C)c(C(=O)C2=C(O)C(=O)N(CCCN(C)C)C2c2cccc(OCC(C)C)c2)s1. The van der Waals surface area contributed by atoms with Crippen LogP contribution in [0.3, 0.4) is 0 Å². The largest absolute Gasteiger partial charge is 0.503 e. The van der Waals surface area contributed by atoms with Gasteiger partial charge in [0.25, 0.3) is 5.91 Å². The highest BCUT2D eigenvalue weighted by Crippen LogP contribution is 2.41. The molecule has 178 valence electrons. The zero-order valence-corrected chi connectivity index (χ0v) is 21.0.